The van der Waals surface area contributed by atoms with Crippen LogP contribution in [-0.4, -0.2) is 39.5 Å². The molecule has 3 aromatic rings. The highest BCUT2D eigenvalue weighted by atomic mass is 16.5. The number of furan rings is 1. The molecule has 0 bridgehead atoms. The smallest absolute Gasteiger partial charge is 0.271 e. The first kappa shape index (κ1) is 22.3. The molecule has 34 heavy (non-hydrogen) atoms. The zero-order valence-corrected chi connectivity index (χ0v) is 19.8. The van der Waals surface area contributed by atoms with Crippen molar-refractivity contribution in [1.29, 1.82) is 0 Å². The molecule has 0 unspecified atom stereocenters. The Hall–Kier alpha value is -3.48. The van der Waals surface area contributed by atoms with Crippen LogP contribution >= 0.6 is 0 Å². The fourth-order valence-corrected chi connectivity index (χ4v) is 5.17. The van der Waals surface area contributed by atoms with Gasteiger partial charge < -0.3 is 23.9 Å². The summed E-state index contributed by atoms with van der Waals surface area (Å²) < 4.78 is 13.4. The topological polar surface area (TPSA) is 76.7 Å². The van der Waals surface area contributed by atoms with Gasteiger partial charge in [0.15, 0.2) is 0 Å². The van der Waals surface area contributed by atoms with Crippen LogP contribution in [0.3, 0.4) is 0 Å². The average Bonchev–Trinajstić information content (AvgIpc) is 3.60. The van der Waals surface area contributed by atoms with Gasteiger partial charge in [-0.05, 0) is 57.0 Å². The predicted molar refractivity (Wildman–Crippen MR) is 128 cm³/mol. The summed E-state index contributed by atoms with van der Waals surface area (Å²) in [6.07, 6.45) is 5.82. The number of nitrogens with one attached hydrogen (secondary N) is 1. The van der Waals surface area contributed by atoms with Crippen molar-refractivity contribution >= 4 is 11.8 Å². The van der Waals surface area contributed by atoms with Gasteiger partial charge in [-0.1, -0.05) is 31.0 Å². The fourth-order valence-electron chi connectivity index (χ4n) is 5.17. The summed E-state index contributed by atoms with van der Waals surface area (Å²) in [5.74, 6) is 1.10. The number of para-hydroxylation sites is 1. The third kappa shape index (κ3) is 3.89. The largest absolute Gasteiger partial charge is 0.494 e. The van der Waals surface area contributed by atoms with Crippen LogP contribution in [0.1, 0.15) is 55.6 Å². The molecule has 0 radical (unpaired) electrons. The van der Waals surface area contributed by atoms with E-state index in [1.165, 1.54) is 0 Å². The minimum Gasteiger partial charge on any atom is -0.494 e. The zero-order chi connectivity index (χ0) is 23.7. The van der Waals surface area contributed by atoms with Gasteiger partial charge >= 0.3 is 0 Å². The highest BCUT2D eigenvalue weighted by molar-refractivity contribution is 6.00. The van der Waals surface area contributed by atoms with E-state index in [-0.39, 0.29) is 24.4 Å². The van der Waals surface area contributed by atoms with Crippen LogP contribution in [0.2, 0.25) is 0 Å². The maximum Gasteiger partial charge on any atom is 0.271 e. The highest BCUT2D eigenvalue weighted by Crippen LogP contribution is 2.36. The van der Waals surface area contributed by atoms with Gasteiger partial charge in [0.05, 0.1) is 31.7 Å². The number of aromatic nitrogens is 1. The molecule has 1 fully saturated rings. The maximum atomic E-state index is 13.9. The molecule has 1 aliphatic heterocycles. The van der Waals surface area contributed by atoms with E-state index in [1.807, 2.05) is 66.9 Å². The number of hydrogen-bond donors (Lipinski definition) is 1. The summed E-state index contributed by atoms with van der Waals surface area (Å²) in [7, 11) is 0. The lowest BCUT2D eigenvalue weighted by Crippen LogP contribution is -2.64. The van der Waals surface area contributed by atoms with Crippen LogP contribution < -0.4 is 10.1 Å². The van der Waals surface area contributed by atoms with E-state index in [1.54, 1.807) is 11.2 Å². The average molecular weight is 462 g/mol. The summed E-state index contributed by atoms with van der Waals surface area (Å²) >= 11 is 0. The lowest BCUT2D eigenvalue weighted by atomic mass is 9.93. The Morgan fingerprint density at radius 3 is 2.62 bits per heavy atom. The van der Waals surface area contributed by atoms with E-state index >= 15 is 0 Å². The molecular formula is C27H31N3O4. The van der Waals surface area contributed by atoms with Crippen molar-refractivity contribution in [1.82, 2.24) is 14.8 Å². The van der Waals surface area contributed by atoms with E-state index in [9.17, 15) is 9.59 Å². The number of carbonyl (C=O) groups excluding carboxylic acids is 2. The van der Waals surface area contributed by atoms with Crippen molar-refractivity contribution in [3.63, 3.8) is 0 Å². The lowest BCUT2D eigenvalue weighted by molar-refractivity contribution is -0.133. The second-order valence-corrected chi connectivity index (χ2v) is 9.33. The van der Waals surface area contributed by atoms with Crippen LogP contribution in [0.25, 0.3) is 11.5 Å². The third-order valence-electron chi connectivity index (χ3n) is 7.06. The van der Waals surface area contributed by atoms with Gasteiger partial charge in [0.25, 0.3) is 5.91 Å². The standard InChI is InChI=1S/C27H31N3O4/c1-3-33-23-12-7-4-9-19(23)17-30-25(31)22-15-14-21(24-13-8-16-34-24)29(22)18-27(30,2)26(32)28-20-10-5-6-11-20/h4,7-9,12-16,20H,3,5-6,10-11,17-18H2,1-2H3,(H,28,32)/t27-/m0/s1. The SMILES string of the molecule is CCOc1ccccc1CN1C(=O)c2ccc(-c3ccco3)n2C[C@@]1(C)C(=O)NC1CCCC1. The molecule has 1 aliphatic carbocycles. The van der Waals surface area contributed by atoms with Crippen LogP contribution in [0.15, 0.2) is 59.2 Å². The minimum atomic E-state index is -1.08. The maximum absolute atomic E-state index is 13.9. The van der Waals surface area contributed by atoms with Crippen LogP contribution in [-0.2, 0) is 17.9 Å². The second kappa shape index (κ2) is 9.05. The van der Waals surface area contributed by atoms with Gasteiger partial charge in [-0.2, -0.15) is 0 Å². The number of amides is 2. The molecule has 0 spiro atoms. The molecule has 1 saturated carbocycles. The lowest BCUT2D eigenvalue weighted by Gasteiger charge is -2.45. The van der Waals surface area contributed by atoms with Crippen molar-refractivity contribution in [2.75, 3.05) is 6.61 Å². The molecule has 1 N–H and O–H groups in total. The zero-order valence-electron chi connectivity index (χ0n) is 19.8. The molecule has 7 heteroatoms. The number of nitrogens with zero attached hydrogens (tertiary/aromatic N) is 2. The third-order valence-corrected chi connectivity index (χ3v) is 7.06. The Morgan fingerprint density at radius 2 is 1.88 bits per heavy atom. The molecule has 7 nitrogen and oxygen atoms in total. The summed E-state index contributed by atoms with van der Waals surface area (Å²) in [4.78, 5) is 29.4. The number of fused-ring (bicyclic) bond motifs is 1. The number of benzene rings is 1. The molecule has 0 saturated heterocycles. The number of carbonyl (C=O) groups is 2. The molecule has 1 aromatic carbocycles. The van der Waals surface area contributed by atoms with Gasteiger partial charge in [-0.3, -0.25) is 9.59 Å². The summed E-state index contributed by atoms with van der Waals surface area (Å²) in [5.41, 5.74) is 1.14. The first-order chi connectivity index (χ1) is 16.5. The van der Waals surface area contributed by atoms with Crippen molar-refractivity contribution < 1.29 is 18.7 Å². The van der Waals surface area contributed by atoms with Gasteiger partial charge in [-0.25, -0.2) is 0 Å². The van der Waals surface area contributed by atoms with Gasteiger partial charge in [-0.15, -0.1) is 0 Å². The fraction of sp³-hybridized carbons (Fsp3) is 0.407. The molecule has 1 atom stereocenters. The summed E-state index contributed by atoms with van der Waals surface area (Å²) in [5, 5.41) is 3.24. The first-order valence-corrected chi connectivity index (χ1v) is 12.1. The minimum absolute atomic E-state index is 0.119. The van der Waals surface area contributed by atoms with E-state index in [2.05, 4.69) is 5.32 Å². The summed E-state index contributed by atoms with van der Waals surface area (Å²) in [6.45, 7) is 4.95. The quantitative estimate of drug-likeness (QED) is 0.557. The molecule has 5 rings (SSSR count). The Labute approximate surface area is 199 Å². The van der Waals surface area contributed by atoms with Gasteiger partial charge in [0.1, 0.15) is 22.7 Å². The molecule has 3 heterocycles. The van der Waals surface area contributed by atoms with Crippen LogP contribution in [0.5, 0.6) is 5.75 Å². The first-order valence-electron chi connectivity index (χ1n) is 12.1. The van der Waals surface area contributed by atoms with Crippen molar-refractivity contribution in [2.24, 2.45) is 0 Å². The van der Waals surface area contributed by atoms with E-state index in [0.29, 0.717) is 24.6 Å². The molecule has 2 aliphatic rings. The summed E-state index contributed by atoms with van der Waals surface area (Å²) in [6, 6.07) is 15.3. The number of ether oxygens (including phenoxy) is 1. The van der Waals surface area contributed by atoms with Crippen molar-refractivity contribution in [3.05, 3.63) is 66.1 Å². The van der Waals surface area contributed by atoms with Crippen molar-refractivity contribution in [3.8, 4) is 17.2 Å². The van der Waals surface area contributed by atoms with Crippen LogP contribution in [0, 0.1) is 0 Å². The molecule has 2 amide bonds. The number of hydrogen-bond acceptors (Lipinski definition) is 4. The van der Waals surface area contributed by atoms with Crippen LogP contribution in [0.4, 0.5) is 0 Å². The highest BCUT2D eigenvalue weighted by Gasteiger charge is 2.48. The van der Waals surface area contributed by atoms with Gasteiger partial charge in [0, 0.05) is 11.6 Å². The Kier molecular flexibility index (Phi) is 5.94. The predicted octanol–water partition coefficient (Wildman–Crippen LogP) is 4.62. The Morgan fingerprint density at radius 1 is 1.12 bits per heavy atom. The normalized spacial score (nSPS) is 20.4. The van der Waals surface area contributed by atoms with E-state index in [4.69, 9.17) is 9.15 Å². The molecule has 178 valence electrons. The van der Waals surface area contributed by atoms with E-state index in [0.717, 1.165) is 42.7 Å². The Bertz CT molecular complexity index is 1180. The monoisotopic (exact) mass is 461 g/mol. The second-order valence-electron chi connectivity index (χ2n) is 9.33. The van der Waals surface area contributed by atoms with E-state index < -0.39 is 5.54 Å². The molecular weight excluding hydrogens is 430 g/mol. The van der Waals surface area contributed by atoms with Gasteiger partial charge in [0.2, 0.25) is 5.91 Å². The Balaban J connectivity index is 1.55. The molecule has 2 aromatic heterocycles. The van der Waals surface area contributed by atoms with Crippen molar-refractivity contribution in [2.45, 2.75) is 64.2 Å². The number of rotatable bonds is 7.